The minimum Gasteiger partial charge on any atom is -0.402 e. The van der Waals surface area contributed by atoms with Gasteiger partial charge in [-0.3, -0.25) is 4.79 Å². The molecule has 0 spiro atoms. The fraction of sp³-hybridized carbons (Fsp3) is 0.381. The van der Waals surface area contributed by atoms with Gasteiger partial charge in [0.05, 0.1) is 0 Å². The van der Waals surface area contributed by atoms with Crippen molar-refractivity contribution in [2.24, 2.45) is 11.7 Å². The van der Waals surface area contributed by atoms with E-state index in [1.54, 1.807) is 18.2 Å². The van der Waals surface area contributed by atoms with Crippen LogP contribution < -0.4 is 21.7 Å². The highest BCUT2D eigenvalue weighted by molar-refractivity contribution is 5.94. The molecule has 2 aromatic rings. The third-order valence-corrected chi connectivity index (χ3v) is 5.53. The summed E-state index contributed by atoms with van der Waals surface area (Å²) in [5.74, 6) is 0.00132. The Morgan fingerprint density at radius 2 is 2.10 bits per heavy atom. The van der Waals surface area contributed by atoms with Crippen molar-refractivity contribution in [2.45, 2.75) is 38.3 Å². The summed E-state index contributed by atoms with van der Waals surface area (Å²) in [6.45, 7) is 0.139. The van der Waals surface area contributed by atoms with Gasteiger partial charge in [-0.2, -0.15) is 18.2 Å². The van der Waals surface area contributed by atoms with Crippen molar-refractivity contribution in [2.75, 3.05) is 22.5 Å². The summed E-state index contributed by atoms with van der Waals surface area (Å²) in [4.78, 5) is 19.3. The number of nitrogens with one attached hydrogen (secondary N) is 3. The van der Waals surface area contributed by atoms with Gasteiger partial charge < -0.3 is 21.7 Å². The standard InChI is InChI=1S/C21H23F3N6O/c22-21(23,24)15-11-27-20(30-19(15)26-9-8-16(25)12-2-1-3-12)28-14-5-6-17-13(10-14)4-7-18(31)29-17/h5-6,8,10-12H,1-4,7,9,25H2,(H,29,31)(H2,26,27,28,30)/b16-8-. The van der Waals surface area contributed by atoms with E-state index in [1.165, 1.54) is 0 Å². The highest BCUT2D eigenvalue weighted by atomic mass is 19.4. The van der Waals surface area contributed by atoms with Crippen LogP contribution in [0.5, 0.6) is 0 Å². The zero-order valence-corrected chi connectivity index (χ0v) is 16.7. The number of nitrogens with zero attached hydrogens (tertiary/aromatic N) is 2. The molecule has 1 aliphatic heterocycles. The van der Waals surface area contributed by atoms with Crippen molar-refractivity contribution in [1.82, 2.24) is 9.97 Å². The molecule has 7 nitrogen and oxygen atoms in total. The highest BCUT2D eigenvalue weighted by Crippen LogP contribution is 2.35. The smallest absolute Gasteiger partial charge is 0.402 e. The second kappa shape index (κ2) is 8.44. The number of rotatable bonds is 6. The van der Waals surface area contributed by atoms with Crippen molar-refractivity contribution in [3.8, 4) is 0 Å². The summed E-state index contributed by atoms with van der Waals surface area (Å²) >= 11 is 0. The maximum Gasteiger partial charge on any atom is 0.421 e. The molecule has 31 heavy (non-hydrogen) atoms. The Balaban J connectivity index is 1.52. The normalized spacial score (nSPS) is 16.9. The lowest BCUT2D eigenvalue weighted by Crippen LogP contribution is -2.21. The predicted octanol–water partition coefficient (Wildman–Crippen LogP) is 4.18. The summed E-state index contributed by atoms with van der Waals surface area (Å²) < 4.78 is 40.2. The molecule has 1 amide bonds. The Bertz CT molecular complexity index is 1020. The zero-order chi connectivity index (χ0) is 22.0. The van der Waals surface area contributed by atoms with Gasteiger partial charge in [0.15, 0.2) is 0 Å². The molecule has 0 unspecified atom stereocenters. The highest BCUT2D eigenvalue weighted by Gasteiger charge is 2.35. The van der Waals surface area contributed by atoms with Gasteiger partial charge in [-0.15, -0.1) is 0 Å². The Kier molecular flexibility index (Phi) is 5.71. The van der Waals surface area contributed by atoms with Crippen LogP contribution in [-0.4, -0.2) is 22.4 Å². The predicted molar refractivity (Wildman–Crippen MR) is 112 cm³/mol. The number of halogens is 3. The van der Waals surface area contributed by atoms with Crippen LogP contribution in [0.4, 0.5) is 36.3 Å². The van der Waals surface area contributed by atoms with Crippen LogP contribution in [-0.2, 0) is 17.4 Å². The molecule has 0 saturated heterocycles. The first-order valence-electron chi connectivity index (χ1n) is 10.1. The Labute approximate surface area is 177 Å². The molecule has 0 radical (unpaired) electrons. The molecule has 0 atom stereocenters. The summed E-state index contributed by atoms with van der Waals surface area (Å²) in [6.07, 6.45) is 2.01. The van der Waals surface area contributed by atoms with Gasteiger partial charge in [-0.05, 0) is 55.0 Å². The Morgan fingerprint density at radius 3 is 2.81 bits per heavy atom. The van der Waals surface area contributed by atoms with Crippen molar-refractivity contribution in [3.63, 3.8) is 0 Å². The van der Waals surface area contributed by atoms with E-state index in [2.05, 4.69) is 25.9 Å². The molecule has 5 N–H and O–H groups in total. The molecule has 164 valence electrons. The number of hydrogen-bond donors (Lipinski definition) is 4. The Morgan fingerprint density at radius 1 is 1.29 bits per heavy atom. The molecule has 2 aliphatic rings. The zero-order valence-electron chi connectivity index (χ0n) is 16.7. The lowest BCUT2D eigenvalue weighted by Gasteiger charge is -2.25. The van der Waals surface area contributed by atoms with Crippen LogP contribution in [0.15, 0.2) is 36.2 Å². The van der Waals surface area contributed by atoms with Crippen LogP contribution in [0.1, 0.15) is 36.8 Å². The van der Waals surface area contributed by atoms with Crippen molar-refractivity contribution >= 4 is 29.0 Å². The van der Waals surface area contributed by atoms with Gasteiger partial charge in [0, 0.05) is 36.2 Å². The van der Waals surface area contributed by atoms with Crippen LogP contribution in [0.3, 0.4) is 0 Å². The van der Waals surface area contributed by atoms with Crippen molar-refractivity contribution < 1.29 is 18.0 Å². The maximum absolute atomic E-state index is 13.4. The number of carbonyl (C=O) groups is 1. The molecular formula is C21H23F3N6O. The van der Waals surface area contributed by atoms with Gasteiger partial charge in [-0.1, -0.05) is 6.42 Å². The van der Waals surface area contributed by atoms with Crippen molar-refractivity contribution in [3.05, 3.63) is 47.3 Å². The summed E-state index contributed by atoms with van der Waals surface area (Å²) in [5.41, 5.74) is 8.03. The molecule has 1 aliphatic carbocycles. The first-order chi connectivity index (χ1) is 14.8. The van der Waals surface area contributed by atoms with E-state index in [1.807, 2.05) is 6.07 Å². The maximum atomic E-state index is 13.4. The third-order valence-electron chi connectivity index (χ3n) is 5.53. The molecular weight excluding hydrogens is 409 g/mol. The Hall–Kier alpha value is -3.30. The van der Waals surface area contributed by atoms with Gasteiger partial charge in [-0.25, -0.2) is 4.98 Å². The number of aryl methyl sites for hydroxylation is 1. The van der Waals surface area contributed by atoms with Crippen LogP contribution in [0.25, 0.3) is 0 Å². The number of carbonyl (C=O) groups excluding carboxylic acids is 1. The van der Waals surface area contributed by atoms with Gasteiger partial charge in [0.1, 0.15) is 11.4 Å². The number of fused-ring (bicyclic) bond motifs is 1. The second-order valence-electron chi connectivity index (χ2n) is 7.71. The van der Waals surface area contributed by atoms with Crippen LogP contribution in [0.2, 0.25) is 0 Å². The third kappa shape index (κ3) is 4.89. The quantitative estimate of drug-likeness (QED) is 0.546. The van der Waals surface area contributed by atoms with E-state index in [0.717, 1.165) is 36.7 Å². The van der Waals surface area contributed by atoms with Crippen molar-refractivity contribution in [1.29, 1.82) is 0 Å². The summed E-state index contributed by atoms with van der Waals surface area (Å²) in [6, 6.07) is 5.28. The van der Waals surface area contributed by atoms with E-state index in [9.17, 15) is 18.0 Å². The lowest BCUT2D eigenvalue weighted by atomic mass is 9.83. The van der Waals surface area contributed by atoms with Crippen LogP contribution in [0, 0.1) is 5.92 Å². The molecule has 1 aromatic carbocycles. The number of amides is 1. The first-order valence-corrected chi connectivity index (χ1v) is 10.1. The van der Waals surface area contributed by atoms with E-state index < -0.39 is 11.7 Å². The number of alkyl halides is 3. The minimum atomic E-state index is -4.59. The molecule has 2 heterocycles. The van der Waals surface area contributed by atoms with Crippen LogP contribution >= 0.6 is 0 Å². The fourth-order valence-electron chi connectivity index (χ4n) is 3.55. The molecule has 1 saturated carbocycles. The fourth-order valence-corrected chi connectivity index (χ4v) is 3.55. The molecule has 4 rings (SSSR count). The SMILES string of the molecule is N/C(=C\CNc1nc(Nc2ccc3c(c2)CCC(=O)N3)ncc1C(F)(F)F)C1CCC1. The number of anilines is 4. The topological polar surface area (TPSA) is 105 Å². The number of hydrogen-bond acceptors (Lipinski definition) is 6. The monoisotopic (exact) mass is 432 g/mol. The molecule has 10 heteroatoms. The number of nitrogens with two attached hydrogens (primary N) is 1. The number of benzene rings is 1. The summed E-state index contributed by atoms with van der Waals surface area (Å²) in [5, 5.41) is 8.44. The van der Waals surface area contributed by atoms with E-state index >= 15 is 0 Å². The van der Waals surface area contributed by atoms with E-state index in [4.69, 9.17) is 5.73 Å². The van der Waals surface area contributed by atoms with Gasteiger partial charge in [0.25, 0.3) is 0 Å². The molecule has 0 bridgehead atoms. The van der Waals surface area contributed by atoms with E-state index in [-0.39, 0.29) is 24.2 Å². The molecule has 1 fully saturated rings. The van der Waals surface area contributed by atoms with E-state index in [0.29, 0.717) is 30.1 Å². The first kappa shape index (κ1) is 21.0. The number of aromatic nitrogens is 2. The van der Waals surface area contributed by atoms with Gasteiger partial charge in [0.2, 0.25) is 11.9 Å². The summed E-state index contributed by atoms with van der Waals surface area (Å²) in [7, 11) is 0. The average Bonchev–Trinajstić information content (AvgIpc) is 2.66. The molecule has 1 aromatic heterocycles. The second-order valence-corrected chi connectivity index (χ2v) is 7.71. The average molecular weight is 432 g/mol. The largest absolute Gasteiger partial charge is 0.421 e. The number of allylic oxidation sites excluding steroid dienone is 1. The minimum absolute atomic E-state index is 0.0336. The lowest BCUT2D eigenvalue weighted by molar-refractivity contribution is -0.137. The van der Waals surface area contributed by atoms with Gasteiger partial charge >= 0.3 is 6.18 Å².